The molecule has 1 aliphatic heterocycles. The number of hydrogen-bond donors (Lipinski definition) is 1. The van der Waals surface area contributed by atoms with Gasteiger partial charge < -0.3 is 14.7 Å². The van der Waals surface area contributed by atoms with Gasteiger partial charge in [0.2, 0.25) is 5.91 Å². The van der Waals surface area contributed by atoms with Crippen LogP contribution in [0.5, 0.6) is 0 Å². The van der Waals surface area contributed by atoms with Crippen molar-refractivity contribution >= 4 is 11.9 Å². The largest absolute Gasteiger partial charge is 0.481 e. The predicted octanol–water partition coefficient (Wildman–Crippen LogP) is 2.17. The molecule has 2 aromatic rings. The predicted molar refractivity (Wildman–Crippen MR) is 102 cm³/mol. The number of carbonyl (C=O) groups is 2. The number of ether oxygens (including phenoxy) is 1. The van der Waals surface area contributed by atoms with Crippen molar-refractivity contribution in [2.24, 2.45) is 11.8 Å². The summed E-state index contributed by atoms with van der Waals surface area (Å²) in [6.07, 6.45) is 0.434. The quantitative estimate of drug-likeness (QED) is 0.855. The smallest absolute Gasteiger partial charge is 0.307 e. The molecule has 1 amide bonds. The van der Waals surface area contributed by atoms with E-state index in [1.54, 1.807) is 4.90 Å². The van der Waals surface area contributed by atoms with Crippen LogP contribution in [0.25, 0.3) is 0 Å². The average molecular weight is 383 g/mol. The SMILES string of the molecule is Cc1nn(Cc2ccccc2)c(C)c1C1COCCN1C(=O)C1CC1C(=O)O. The van der Waals surface area contributed by atoms with E-state index in [9.17, 15) is 14.7 Å². The van der Waals surface area contributed by atoms with E-state index in [0.717, 1.165) is 22.5 Å². The highest BCUT2D eigenvalue weighted by Gasteiger charge is 2.51. The first kappa shape index (κ1) is 18.7. The van der Waals surface area contributed by atoms with Gasteiger partial charge in [0.25, 0.3) is 0 Å². The fourth-order valence-electron chi connectivity index (χ4n) is 4.16. The van der Waals surface area contributed by atoms with Crippen LogP contribution < -0.4 is 0 Å². The first-order chi connectivity index (χ1) is 13.5. The Balaban J connectivity index is 1.59. The second kappa shape index (κ2) is 7.39. The van der Waals surface area contributed by atoms with E-state index >= 15 is 0 Å². The third-order valence-electron chi connectivity index (χ3n) is 5.78. The Hall–Kier alpha value is -2.67. The van der Waals surface area contributed by atoms with Gasteiger partial charge in [0.1, 0.15) is 0 Å². The normalized spacial score (nSPS) is 24.2. The topological polar surface area (TPSA) is 84.7 Å². The summed E-state index contributed by atoms with van der Waals surface area (Å²) in [4.78, 5) is 26.0. The first-order valence-electron chi connectivity index (χ1n) is 9.66. The van der Waals surface area contributed by atoms with Crippen molar-refractivity contribution in [3.8, 4) is 0 Å². The lowest BCUT2D eigenvalue weighted by atomic mass is 10.0. The Morgan fingerprint density at radius 1 is 1.21 bits per heavy atom. The van der Waals surface area contributed by atoms with Gasteiger partial charge in [-0.05, 0) is 25.8 Å². The second-order valence-corrected chi connectivity index (χ2v) is 7.64. The van der Waals surface area contributed by atoms with Crippen molar-refractivity contribution < 1.29 is 19.4 Å². The minimum absolute atomic E-state index is 0.0738. The Labute approximate surface area is 163 Å². The molecule has 4 rings (SSSR count). The van der Waals surface area contributed by atoms with Crippen LogP contribution >= 0.6 is 0 Å². The van der Waals surface area contributed by atoms with Crippen LogP contribution in [0.1, 0.15) is 35.0 Å². The summed E-state index contributed by atoms with van der Waals surface area (Å²) in [5.41, 5.74) is 4.07. The number of morpholine rings is 1. The maximum Gasteiger partial charge on any atom is 0.307 e. The molecule has 1 N–H and O–H groups in total. The second-order valence-electron chi connectivity index (χ2n) is 7.64. The van der Waals surface area contributed by atoms with Gasteiger partial charge in [0.15, 0.2) is 0 Å². The highest BCUT2D eigenvalue weighted by Crippen LogP contribution is 2.42. The third kappa shape index (κ3) is 3.42. The van der Waals surface area contributed by atoms with Gasteiger partial charge >= 0.3 is 5.97 Å². The maximum atomic E-state index is 13.0. The number of aliphatic carboxylic acids is 1. The Morgan fingerprint density at radius 3 is 2.64 bits per heavy atom. The molecule has 3 unspecified atom stereocenters. The molecule has 0 radical (unpaired) electrons. The minimum Gasteiger partial charge on any atom is -0.481 e. The highest BCUT2D eigenvalue weighted by molar-refractivity contribution is 5.89. The van der Waals surface area contributed by atoms with Gasteiger partial charge in [0, 0.05) is 17.8 Å². The van der Waals surface area contributed by atoms with E-state index in [4.69, 9.17) is 9.84 Å². The van der Waals surface area contributed by atoms with E-state index in [-0.39, 0.29) is 11.9 Å². The number of benzene rings is 1. The van der Waals surface area contributed by atoms with Gasteiger partial charge in [-0.15, -0.1) is 0 Å². The van der Waals surface area contributed by atoms with Crippen LogP contribution in [0.3, 0.4) is 0 Å². The molecule has 7 nitrogen and oxygen atoms in total. The summed E-state index contributed by atoms with van der Waals surface area (Å²) in [5.74, 6) is -1.90. The van der Waals surface area contributed by atoms with Gasteiger partial charge in [-0.1, -0.05) is 30.3 Å². The number of rotatable bonds is 5. The molecule has 2 heterocycles. The molecular formula is C21H25N3O4. The molecule has 3 atom stereocenters. The van der Waals surface area contributed by atoms with Crippen LogP contribution in [0.4, 0.5) is 0 Å². The van der Waals surface area contributed by atoms with Crippen molar-refractivity contribution in [1.82, 2.24) is 14.7 Å². The van der Waals surface area contributed by atoms with Crippen molar-refractivity contribution in [2.45, 2.75) is 32.9 Å². The molecule has 1 aromatic carbocycles. The Bertz CT molecular complexity index is 893. The van der Waals surface area contributed by atoms with Crippen molar-refractivity contribution in [1.29, 1.82) is 0 Å². The van der Waals surface area contributed by atoms with E-state index in [0.29, 0.717) is 32.7 Å². The van der Waals surface area contributed by atoms with Gasteiger partial charge in [-0.3, -0.25) is 14.3 Å². The van der Waals surface area contributed by atoms with E-state index in [1.807, 2.05) is 36.7 Å². The zero-order valence-corrected chi connectivity index (χ0v) is 16.2. The van der Waals surface area contributed by atoms with E-state index in [1.165, 1.54) is 0 Å². The number of nitrogens with zero attached hydrogens (tertiary/aromatic N) is 3. The summed E-state index contributed by atoms with van der Waals surface area (Å²) in [5, 5.41) is 13.9. The third-order valence-corrected chi connectivity index (χ3v) is 5.78. The lowest BCUT2D eigenvalue weighted by molar-refractivity contribution is -0.146. The lowest BCUT2D eigenvalue weighted by Gasteiger charge is -2.36. The number of carbonyl (C=O) groups excluding carboxylic acids is 1. The number of amides is 1. The van der Waals surface area contributed by atoms with Crippen LogP contribution in [0.15, 0.2) is 30.3 Å². The molecule has 1 saturated heterocycles. The van der Waals surface area contributed by atoms with Crippen molar-refractivity contribution in [3.63, 3.8) is 0 Å². The maximum absolute atomic E-state index is 13.0. The molecule has 28 heavy (non-hydrogen) atoms. The van der Waals surface area contributed by atoms with Crippen LogP contribution in [0, 0.1) is 25.7 Å². The molecule has 2 fully saturated rings. The molecule has 1 aliphatic carbocycles. The molecule has 1 aromatic heterocycles. The first-order valence-corrected chi connectivity index (χ1v) is 9.66. The average Bonchev–Trinajstić information content (AvgIpc) is 3.44. The summed E-state index contributed by atoms with van der Waals surface area (Å²) in [6, 6.07) is 9.91. The Kier molecular flexibility index (Phi) is 4.93. The van der Waals surface area contributed by atoms with Crippen LogP contribution in [-0.2, 0) is 20.9 Å². The van der Waals surface area contributed by atoms with Gasteiger partial charge in [-0.2, -0.15) is 5.10 Å². The van der Waals surface area contributed by atoms with E-state index in [2.05, 4.69) is 12.1 Å². The monoisotopic (exact) mass is 383 g/mol. The number of carboxylic acid groups (broad SMARTS) is 1. The fourth-order valence-corrected chi connectivity index (χ4v) is 4.16. The summed E-state index contributed by atoms with van der Waals surface area (Å²) < 4.78 is 7.65. The molecule has 7 heteroatoms. The Morgan fingerprint density at radius 2 is 1.96 bits per heavy atom. The highest BCUT2D eigenvalue weighted by atomic mass is 16.5. The molecule has 2 aliphatic rings. The molecule has 148 valence electrons. The summed E-state index contributed by atoms with van der Waals surface area (Å²) in [7, 11) is 0. The molecular weight excluding hydrogens is 358 g/mol. The van der Waals surface area contributed by atoms with Gasteiger partial charge in [0.05, 0.1) is 43.3 Å². The molecule has 0 spiro atoms. The van der Waals surface area contributed by atoms with Crippen molar-refractivity contribution in [3.05, 3.63) is 52.8 Å². The van der Waals surface area contributed by atoms with Crippen molar-refractivity contribution in [2.75, 3.05) is 19.8 Å². The number of carboxylic acids is 1. The molecule has 1 saturated carbocycles. The van der Waals surface area contributed by atoms with Crippen LogP contribution in [-0.4, -0.2) is 51.4 Å². The van der Waals surface area contributed by atoms with Crippen LogP contribution in [0.2, 0.25) is 0 Å². The summed E-state index contributed by atoms with van der Waals surface area (Å²) in [6.45, 7) is 6.01. The summed E-state index contributed by atoms with van der Waals surface area (Å²) >= 11 is 0. The molecule has 0 bridgehead atoms. The minimum atomic E-state index is -0.883. The zero-order chi connectivity index (χ0) is 19.8. The number of hydrogen-bond acceptors (Lipinski definition) is 4. The lowest BCUT2D eigenvalue weighted by Crippen LogP contribution is -2.44. The number of aryl methyl sites for hydroxylation is 1. The standard InChI is InChI=1S/C21H25N3O4/c1-13-19(14(2)24(22-13)11-15-6-4-3-5-7-15)18-12-28-9-8-23(18)20(25)16-10-17(16)21(26)27/h3-7,16-18H,8-12H2,1-2H3,(H,26,27). The number of aromatic nitrogens is 2. The van der Waals surface area contributed by atoms with Gasteiger partial charge in [-0.25, -0.2) is 0 Å². The van der Waals surface area contributed by atoms with E-state index < -0.39 is 17.8 Å². The zero-order valence-electron chi connectivity index (χ0n) is 16.2. The fraction of sp³-hybridized carbons (Fsp3) is 0.476.